The van der Waals surface area contributed by atoms with E-state index in [1.54, 1.807) is 24.3 Å². The fraction of sp³-hybridized carbons (Fsp3) is 0.300. The van der Waals surface area contributed by atoms with Crippen molar-refractivity contribution in [3.63, 3.8) is 0 Å². The first-order chi connectivity index (χ1) is 14.0. The fourth-order valence-electron chi connectivity index (χ4n) is 2.57. The molecule has 0 radical (unpaired) electrons. The van der Waals surface area contributed by atoms with E-state index in [2.05, 4.69) is 10.6 Å². The fourth-order valence-corrected chi connectivity index (χ4v) is 3.87. The molecule has 0 bridgehead atoms. The smallest absolute Gasteiger partial charge is 0.253 e. The third-order valence-corrected chi connectivity index (χ3v) is 5.98. The van der Waals surface area contributed by atoms with E-state index in [0.717, 1.165) is 17.0 Å². The zero-order valence-electron chi connectivity index (χ0n) is 16.8. The summed E-state index contributed by atoms with van der Waals surface area (Å²) in [7, 11) is -3.84. The lowest BCUT2D eigenvalue weighted by Crippen LogP contribution is -2.38. The van der Waals surface area contributed by atoms with Gasteiger partial charge < -0.3 is 10.6 Å². The average molecular weight is 472 g/mol. The molecule has 0 unspecified atom stereocenters. The van der Waals surface area contributed by atoms with Crippen LogP contribution < -0.4 is 14.9 Å². The minimum atomic E-state index is -3.84. The molecule has 2 aromatic carbocycles. The van der Waals surface area contributed by atoms with Gasteiger partial charge in [-0.1, -0.05) is 42.3 Å². The number of anilines is 2. The number of para-hydroxylation sites is 1. The number of carbonyl (C=O) groups is 2. The molecule has 0 spiro atoms. The number of benzene rings is 2. The highest BCUT2D eigenvalue weighted by atomic mass is 35.5. The van der Waals surface area contributed by atoms with Gasteiger partial charge in [-0.25, -0.2) is 8.42 Å². The molecule has 10 heteroatoms. The van der Waals surface area contributed by atoms with Crippen LogP contribution in [0.5, 0.6) is 0 Å². The monoisotopic (exact) mass is 471 g/mol. The third kappa shape index (κ3) is 6.35. The molecule has 30 heavy (non-hydrogen) atoms. The zero-order chi connectivity index (χ0) is 22.5. The number of hydrogen-bond acceptors (Lipinski definition) is 4. The maximum atomic E-state index is 12.7. The van der Waals surface area contributed by atoms with Crippen LogP contribution in [0.1, 0.15) is 30.6 Å². The van der Waals surface area contributed by atoms with Gasteiger partial charge in [-0.05, 0) is 43.7 Å². The Bertz CT molecular complexity index is 1040. The predicted octanol–water partition coefficient (Wildman–Crippen LogP) is 3.93. The molecular weight excluding hydrogens is 449 g/mol. The number of halogens is 2. The van der Waals surface area contributed by atoms with Crippen LogP contribution in [0.25, 0.3) is 0 Å². The molecule has 0 aliphatic carbocycles. The van der Waals surface area contributed by atoms with Gasteiger partial charge in [0, 0.05) is 11.1 Å². The molecule has 2 aromatic rings. The van der Waals surface area contributed by atoms with Crippen LogP contribution in [-0.2, 0) is 14.8 Å². The van der Waals surface area contributed by atoms with Crippen molar-refractivity contribution >= 4 is 56.4 Å². The first-order valence-electron chi connectivity index (χ1n) is 9.15. The Balaban J connectivity index is 2.27. The standard InChI is InChI=1S/C20H23Cl2N3O4S/c1-4-13(2)23-20(27)15-7-5-6-8-17(15)24-19(26)12-25(30(3,28)29)18-11-14(21)9-10-16(18)22/h5-11,13H,4,12H2,1-3H3,(H,23,27)(H,24,26)/t13-/m1/s1. The second-order valence-corrected chi connectivity index (χ2v) is 9.49. The van der Waals surface area contributed by atoms with E-state index in [1.807, 2.05) is 13.8 Å². The quantitative estimate of drug-likeness (QED) is 0.609. The van der Waals surface area contributed by atoms with E-state index < -0.39 is 22.5 Å². The first kappa shape index (κ1) is 24.0. The van der Waals surface area contributed by atoms with Crippen molar-refractivity contribution in [2.24, 2.45) is 0 Å². The van der Waals surface area contributed by atoms with Gasteiger partial charge in [0.2, 0.25) is 15.9 Å². The van der Waals surface area contributed by atoms with Gasteiger partial charge in [0.05, 0.1) is 28.2 Å². The first-order valence-corrected chi connectivity index (χ1v) is 11.8. The number of carbonyl (C=O) groups excluding carboxylic acids is 2. The van der Waals surface area contributed by atoms with E-state index in [-0.39, 0.29) is 38.9 Å². The van der Waals surface area contributed by atoms with Crippen LogP contribution in [-0.4, -0.2) is 39.1 Å². The summed E-state index contributed by atoms with van der Waals surface area (Å²) in [6, 6.07) is 10.8. The van der Waals surface area contributed by atoms with Crippen LogP contribution in [0.15, 0.2) is 42.5 Å². The summed E-state index contributed by atoms with van der Waals surface area (Å²) in [4.78, 5) is 25.2. The van der Waals surface area contributed by atoms with Gasteiger partial charge in [-0.3, -0.25) is 13.9 Å². The maximum Gasteiger partial charge on any atom is 0.253 e. The largest absolute Gasteiger partial charge is 0.350 e. The van der Waals surface area contributed by atoms with Crippen LogP contribution in [0.4, 0.5) is 11.4 Å². The average Bonchev–Trinajstić information content (AvgIpc) is 2.67. The zero-order valence-corrected chi connectivity index (χ0v) is 19.1. The Morgan fingerprint density at radius 1 is 1.13 bits per heavy atom. The van der Waals surface area contributed by atoms with Crippen molar-refractivity contribution in [2.45, 2.75) is 26.3 Å². The Kier molecular flexibility index (Phi) is 8.11. The number of nitrogens with zero attached hydrogens (tertiary/aromatic N) is 1. The SMILES string of the molecule is CC[C@@H](C)NC(=O)c1ccccc1NC(=O)CN(c1cc(Cl)ccc1Cl)S(C)(=O)=O. The van der Waals surface area contributed by atoms with Crippen molar-refractivity contribution in [3.05, 3.63) is 58.1 Å². The molecule has 0 heterocycles. The Labute approximate surface area is 186 Å². The Hall–Kier alpha value is -2.29. The van der Waals surface area contributed by atoms with Crippen molar-refractivity contribution in [3.8, 4) is 0 Å². The lowest BCUT2D eigenvalue weighted by Gasteiger charge is -2.23. The number of nitrogens with one attached hydrogen (secondary N) is 2. The maximum absolute atomic E-state index is 12.7. The van der Waals surface area contributed by atoms with Crippen LogP contribution in [0.3, 0.4) is 0 Å². The van der Waals surface area contributed by atoms with Crippen molar-refractivity contribution in [1.29, 1.82) is 0 Å². The molecule has 2 rings (SSSR count). The summed E-state index contributed by atoms with van der Waals surface area (Å²) in [5.41, 5.74) is 0.636. The lowest BCUT2D eigenvalue weighted by molar-refractivity contribution is -0.114. The summed E-state index contributed by atoms with van der Waals surface area (Å²) in [5, 5.41) is 5.85. The normalized spacial score (nSPS) is 12.2. The molecule has 0 saturated heterocycles. The van der Waals surface area contributed by atoms with Gasteiger partial charge in [-0.15, -0.1) is 0 Å². The van der Waals surface area contributed by atoms with Crippen LogP contribution in [0.2, 0.25) is 10.0 Å². The predicted molar refractivity (Wildman–Crippen MR) is 121 cm³/mol. The van der Waals surface area contributed by atoms with Gasteiger partial charge in [-0.2, -0.15) is 0 Å². The van der Waals surface area contributed by atoms with E-state index in [1.165, 1.54) is 18.2 Å². The summed E-state index contributed by atoms with van der Waals surface area (Å²) < 4.78 is 25.4. The number of hydrogen-bond donors (Lipinski definition) is 2. The second kappa shape index (κ2) is 10.1. The number of amides is 2. The summed E-state index contributed by atoms with van der Waals surface area (Å²) >= 11 is 12.1. The van der Waals surface area contributed by atoms with Gasteiger partial charge in [0.25, 0.3) is 5.91 Å². The molecule has 162 valence electrons. The van der Waals surface area contributed by atoms with Crippen molar-refractivity contribution < 1.29 is 18.0 Å². The van der Waals surface area contributed by atoms with E-state index in [0.29, 0.717) is 0 Å². The molecule has 0 aliphatic rings. The molecule has 0 aromatic heterocycles. The highest BCUT2D eigenvalue weighted by molar-refractivity contribution is 7.92. The van der Waals surface area contributed by atoms with E-state index in [9.17, 15) is 18.0 Å². The summed E-state index contributed by atoms with van der Waals surface area (Å²) in [5.74, 6) is -0.974. The minimum Gasteiger partial charge on any atom is -0.350 e. The van der Waals surface area contributed by atoms with Crippen molar-refractivity contribution in [2.75, 3.05) is 22.4 Å². The molecule has 0 aliphatic heterocycles. The van der Waals surface area contributed by atoms with Gasteiger partial charge >= 0.3 is 0 Å². The Morgan fingerprint density at radius 2 is 1.80 bits per heavy atom. The minimum absolute atomic E-state index is 0.0352. The Morgan fingerprint density at radius 3 is 2.43 bits per heavy atom. The second-order valence-electron chi connectivity index (χ2n) is 6.74. The van der Waals surface area contributed by atoms with Crippen LogP contribution >= 0.6 is 23.2 Å². The van der Waals surface area contributed by atoms with Crippen LogP contribution in [0, 0.1) is 0 Å². The summed E-state index contributed by atoms with van der Waals surface area (Å²) in [6.45, 7) is 3.28. The highest BCUT2D eigenvalue weighted by Gasteiger charge is 2.24. The molecule has 1 atom stereocenters. The molecule has 0 fully saturated rings. The molecule has 2 amide bonds. The number of sulfonamides is 1. The number of rotatable bonds is 8. The van der Waals surface area contributed by atoms with Gasteiger partial charge in [0.1, 0.15) is 6.54 Å². The summed E-state index contributed by atoms with van der Waals surface area (Å²) in [6.07, 6.45) is 1.72. The molecular formula is C20H23Cl2N3O4S. The molecule has 0 saturated carbocycles. The van der Waals surface area contributed by atoms with E-state index >= 15 is 0 Å². The van der Waals surface area contributed by atoms with E-state index in [4.69, 9.17) is 23.2 Å². The van der Waals surface area contributed by atoms with Crippen molar-refractivity contribution in [1.82, 2.24) is 5.32 Å². The third-order valence-electron chi connectivity index (χ3n) is 4.30. The molecule has 7 nitrogen and oxygen atoms in total. The highest BCUT2D eigenvalue weighted by Crippen LogP contribution is 2.30. The topological polar surface area (TPSA) is 95.6 Å². The molecule has 2 N–H and O–H groups in total. The van der Waals surface area contributed by atoms with Gasteiger partial charge in [0.15, 0.2) is 0 Å². The lowest BCUT2D eigenvalue weighted by atomic mass is 10.1.